The van der Waals surface area contributed by atoms with Crippen molar-refractivity contribution in [2.75, 3.05) is 0 Å². The monoisotopic (exact) mass is 308 g/mol. The van der Waals surface area contributed by atoms with Crippen molar-refractivity contribution in [1.82, 2.24) is 20.4 Å². The summed E-state index contributed by atoms with van der Waals surface area (Å²) < 4.78 is 1.69. The molecule has 8 heteroatoms. The van der Waals surface area contributed by atoms with E-state index in [2.05, 4.69) is 15.7 Å². The molecule has 3 N–H and O–H groups in total. The van der Waals surface area contributed by atoms with E-state index in [1.807, 2.05) is 6.92 Å². The zero-order valence-corrected chi connectivity index (χ0v) is 12.2. The zero-order chi connectivity index (χ0) is 15.2. The lowest BCUT2D eigenvalue weighted by atomic mass is 10.2. The molecule has 0 aromatic carbocycles. The number of urea groups is 1. The van der Waals surface area contributed by atoms with Crippen LogP contribution in [-0.4, -0.2) is 32.9 Å². The molecule has 0 aliphatic carbocycles. The summed E-state index contributed by atoms with van der Waals surface area (Å²) in [5, 5.41) is 20.2. The maximum Gasteiger partial charge on any atom is 0.331 e. The molecule has 7 nitrogen and oxygen atoms in total. The smallest absolute Gasteiger partial charge is 0.331 e. The fourth-order valence-electron chi connectivity index (χ4n) is 1.84. The minimum atomic E-state index is -1.09. The van der Waals surface area contributed by atoms with Gasteiger partial charge in [-0.3, -0.25) is 4.68 Å². The summed E-state index contributed by atoms with van der Waals surface area (Å²) in [4.78, 5) is 23.7. The van der Waals surface area contributed by atoms with Gasteiger partial charge < -0.3 is 15.7 Å². The zero-order valence-electron chi connectivity index (χ0n) is 11.4. The Kier molecular flexibility index (Phi) is 4.94. The van der Waals surface area contributed by atoms with Crippen LogP contribution in [0.3, 0.4) is 0 Å². The number of hydrogen-bond donors (Lipinski definition) is 3. The summed E-state index contributed by atoms with van der Waals surface area (Å²) in [5.74, 6) is -1.09. The van der Waals surface area contributed by atoms with Crippen molar-refractivity contribution in [3.63, 3.8) is 0 Å². The number of aromatic nitrogens is 2. The quantitative estimate of drug-likeness (QED) is 0.752. The topological polar surface area (TPSA) is 96.3 Å². The molecule has 2 unspecified atom stereocenters. The van der Waals surface area contributed by atoms with E-state index in [1.165, 1.54) is 11.3 Å². The Morgan fingerprint density at radius 3 is 2.81 bits per heavy atom. The van der Waals surface area contributed by atoms with Crippen molar-refractivity contribution in [2.45, 2.75) is 25.6 Å². The van der Waals surface area contributed by atoms with Crippen molar-refractivity contribution >= 4 is 23.3 Å². The molecule has 2 atom stereocenters. The first-order valence-corrected chi connectivity index (χ1v) is 7.25. The first-order valence-electron chi connectivity index (χ1n) is 6.37. The van der Waals surface area contributed by atoms with Crippen LogP contribution in [0.5, 0.6) is 0 Å². The highest BCUT2D eigenvalue weighted by molar-refractivity contribution is 7.10. The number of hydrogen-bond acceptors (Lipinski definition) is 4. The van der Waals surface area contributed by atoms with Gasteiger partial charge in [-0.1, -0.05) is 6.07 Å². The summed E-state index contributed by atoms with van der Waals surface area (Å²) >= 11 is 1.29. The Hall–Kier alpha value is -2.35. The minimum absolute atomic E-state index is 0.178. The van der Waals surface area contributed by atoms with E-state index in [1.54, 1.807) is 40.7 Å². The molecule has 0 bridgehead atoms. The molecule has 0 fully saturated rings. The molecule has 112 valence electrons. The Morgan fingerprint density at radius 1 is 1.43 bits per heavy atom. The van der Waals surface area contributed by atoms with Crippen LogP contribution in [0.2, 0.25) is 0 Å². The molecular weight excluding hydrogens is 292 g/mol. The number of thiophene rings is 1. The molecule has 2 heterocycles. The molecule has 0 aliphatic rings. The van der Waals surface area contributed by atoms with Crippen LogP contribution in [0, 0.1) is 0 Å². The van der Waals surface area contributed by atoms with E-state index in [0.717, 1.165) is 0 Å². The maximum absolute atomic E-state index is 11.9. The molecule has 2 aromatic heterocycles. The summed E-state index contributed by atoms with van der Waals surface area (Å²) in [5.41, 5.74) is 0. The minimum Gasteiger partial charge on any atom is -0.479 e. The van der Waals surface area contributed by atoms with Crippen molar-refractivity contribution in [1.29, 1.82) is 0 Å². The van der Waals surface area contributed by atoms with Gasteiger partial charge in [0.15, 0.2) is 6.04 Å². The molecule has 2 rings (SSSR count). The van der Waals surface area contributed by atoms with Crippen LogP contribution in [0.1, 0.15) is 17.8 Å². The lowest BCUT2D eigenvalue weighted by molar-refractivity contribution is -0.139. The van der Waals surface area contributed by atoms with Gasteiger partial charge in [-0.2, -0.15) is 5.10 Å². The standard InChI is InChI=1S/C13H16N4O3S/c1-9(8-17-6-3-5-14-17)15-13(20)16-11(12(18)19)10-4-2-7-21-10/h2-7,9,11H,8H2,1H3,(H,18,19)(H2,15,16,20). The second-order valence-corrected chi connectivity index (χ2v) is 5.51. The highest BCUT2D eigenvalue weighted by Crippen LogP contribution is 2.18. The van der Waals surface area contributed by atoms with Gasteiger partial charge in [0.05, 0.1) is 6.54 Å². The van der Waals surface area contributed by atoms with E-state index < -0.39 is 18.0 Å². The molecular formula is C13H16N4O3S. The number of carboxylic acid groups (broad SMARTS) is 1. The first-order chi connectivity index (χ1) is 10.1. The Morgan fingerprint density at radius 2 is 2.24 bits per heavy atom. The van der Waals surface area contributed by atoms with Crippen LogP contribution < -0.4 is 10.6 Å². The molecule has 0 saturated heterocycles. The van der Waals surface area contributed by atoms with Crippen molar-refractivity contribution in [2.24, 2.45) is 0 Å². The van der Waals surface area contributed by atoms with Gasteiger partial charge in [-0.05, 0) is 24.4 Å². The summed E-state index contributed by atoms with van der Waals surface area (Å²) in [7, 11) is 0. The third-order valence-corrected chi connectivity index (χ3v) is 3.68. The summed E-state index contributed by atoms with van der Waals surface area (Å²) in [6.07, 6.45) is 3.45. The van der Waals surface area contributed by atoms with Crippen LogP contribution >= 0.6 is 11.3 Å². The third kappa shape index (κ3) is 4.32. The van der Waals surface area contributed by atoms with Gasteiger partial charge >= 0.3 is 12.0 Å². The van der Waals surface area contributed by atoms with Crippen LogP contribution in [0.15, 0.2) is 36.0 Å². The predicted octanol–water partition coefficient (Wildman–Crippen LogP) is 1.46. The summed E-state index contributed by atoms with van der Waals surface area (Å²) in [6.45, 7) is 2.33. The highest BCUT2D eigenvalue weighted by Gasteiger charge is 2.23. The van der Waals surface area contributed by atoms with Crippen LogP contribution in [0.4, 0.5) is 4.79 Å². The van der Waals surface area contributed by atoms with Gasteiger partial charge in [-0.15, -0.1) is 11.3 Å². The van der Waals surface area contributed by atoms with Crippen molar-refractivity contribution < 1.29 is 14.7 Å². The van der Waals surface area contributed by atoms with E-state index in [-0.39, 0.29) is 6.04 Å². The van der Waals surface area contributed by atoms with E-state index in [9.17, 15) is 14.7 Å². The van der Waals surface area contributed by atoms with Gasteiger partial charge in [0.2, 0.25) is 0 Å². The maximum atomic E-state index is 11.9. The highest BCUT2D eigenvalue weighted by atomic mass is 32.1. The van der Waals surface area contributed by atoms with Gasteiger partial charge in [0.25, 0.3) is 0 Å². The fourth-order valence-corrected chi connectivity index (χ4v) is 2.61. The molecule has 21 heavy (non-hydrogen) atoms. The van der Waals surface area contributed by atoms with Gasteiger partial charge in [0, 0.05) is 23.3 Å². The Bertz CT molecular complexity index is 583. The van der Waals surface area contributed by atoms with E-state index in [4.69, 9.17) is 0 Å². The number of amides is 2. The molecule has 0 radical (unpaired) electrons. The van der Waals surface area contributed by atoms with Crippen LogP contribution in [-0.2, 0) is 11.3 Å². The average molecular weight is 308 g/mol. The number of rotatable bonds is 6. The van der Waals surface area contributed by atoms with Gasteiger partial charge in [0.1, 0.15) is 0 Å². The molecule has 0 aliphatic heterocycles. The second kappa shape index (κ2) is 6.89. The summed E-state index contributed by atoms with van der Waals surface area (Å²) in [6, 6.07) is 3.48. The number of aliphatic carboxylic acids is 1. The lowest BCUT2D eigenvalue weighted by Crippen LogP contribution is -2.45. The molecule has 0 spiro atoms. The Labute approximate surface area is 125 Å². The molecule has 0 saturated carbocycles. The lowest BCUT2D eigenvalue weighted by Gasteiger charge is -2.17. The number of carboxylic acids is 1. The predicted molar refractivity (Wildman–Crippen MR) is 78.1 cm³/mol. The normalized spacial score (nSPS) is 13.4. The third-order valence-electron chi connectivity index (χ3n) is 2.75. The van der Waals surface area contributed by atoms with E-state index >= 15 is 0 Å². The van der Waals surface area contributed by atoms with Gasteiger partial charge in [-0.25, -0.2) is 9.59 Å². The largest absolute Gasteiger partial charge is 0.479 e. The fraction of sp³-hybridized carbons (Fsp3) is 0.308. The molecule has 2 amide bonds. The SMILES string of the molecule is CC(Cn1cccn1)NC(=O)NC(C(=O)O)c1cccs1. The van der Waals surface area contributed by atoms with Crippen molar-refractivity contribution in [3.8, 4) is 0 Å². The number of carbonyl (C=O) groups excluding carboxylic acids is 1. The first kappa shape index (κ1) is 15.0. The molecule has 2 aromatic rings. The number of carbonyl (C=O) groups is 2. The Balaban J connectivity index is 1.89. The van der Waals surface area contributed by atoms with Crippen molar-refractivity contribution in [3.05, 3.63) is 40.8 Å². The number of nitrogens with one attached hydrogen (secondary N) is 2. The second-order valence-electron chi connectivity index (χ2n) is 4.53. The average Bonchev–Trinajstić information content (AvgIpc) is 3.07. The number of nitrogens with zero attached hydrogens (tertiary/aromatic N) is 2. The van der Waals surface area contributed by atoms with E-state index in [0.29, 0.717) is 11.4 Å². The van der Waals surface area contributed by atoms with Crippen LogP contribution in [0.25, 0.3) is 0 Å².